The molecule has 1 aromatic carbocycles. The quantitative estimate of drug-likeness (QED) is 0.146. The van der Waals surface area contributed by atoms with Crippen LogP contribution in [0, 0.1) is 6.92 Å². The topological polar surface area (TPSA) is 144 Å². The summed E-state index contributed by atoms with van der Waals surface area (Å²) in [5, 5.41) is 24.4. The Morgan fingerprint density at radius 1 is 1.10 bits per heavy atom. The highest BCUT2D eigenvalue weighted by molar-refractivity contribution is 7.82. The predicted octanol–water partition coefficient (Wildman–Crippen LogP) is 6.00. The third-order valence-corrected chi connectivity index (χ3v) is 5.85. The van der Waals surface area contributed by atoms with Crippen LogP contribution < -0.4 is 20.3 Å². The smallest absolute Gasteiger partial charge is 0.387 e. The van der Waals surface area contributed by atoms with Crippen LogP contribution in [0.25, 0.3) is 0 Å². The number of aromatic amines is 1. The van der Waals surface area contributed by atoms with Crippen LogP contribution in [0.3, 0.4) is 0 Å². The lowest BCUT2D eigenvalue weighted by molar-refractivity contribution is -0.137. The molecule has 11 nitrogen and oxygen atoms in total. The lowest BCUT2D eigenvalue weighted by Gasteiger charge is -2.18. The Kier molecular flexibility index (Phi) is 8.13. The van der Waals surface area contributed by atoms with Crippen molar-refractivity contribution in [3.63, 3.8) is 0 Å². The Morgan fingerprint density at radius 2 is 1.87 bits per heavy atom. The molecule has 0 saturated carbocycles. The largest absolute Gasteiger partial charge is 0.417 e. The van der Waals surface area contributed by atoms with Gasteiger partial charge in [-0.25, -0.2) is 19.1 Å². The molecular weight excluding hydrogens is 559 g/mol. The standard InChI is InChI=1S/C23H21ClF3N9O2S/c1-11-7-19(31-20-9-17(12(2)37)34-35-20)32-21(29-11)30-13-3-6-18(28-10-13)33-22(38)36(39)14-4-5-16(24)15(8-14)23(25,26)27/h3-10,12,37,39H,1-2H3,(H,28,33,38)(H3,29,30,31,32,34,35). The van der Waals surface area contributed by atoms with Gasteiger partial charge in [0.15, 0.2) is 5.82 Å². The molecule has 0 radical (unpaired) electrons. The average molecular weight is 580 g/mol. The summed E-state index contributed by atoms with van der Waals surface area (Å²) in [4.78, 5) is 25.4. The molecule has 1 unspecified atom stereocenters. The number of carbonyl (C=O) groups is 1. The van der Waals surface area contributed by atoms with Crippen molar-refractivity contribution in [1.82, 2.24) is 25.1 Å². The van der Waals surface area contributed by atoms with E-state index in [4.69, 9.17) is 11.6 Å². The van der Waals surface area contributed by atoms with Gasteiger partial charge in [-0.2, -0.15) is 23.3 Å². The molecule has 16 heteroatoms. The second-order valence-electron chi connectivity index (χ2n) is 8.19. The molecule has 0 aliphatic carbocycles. The average Bonchev–Trinajstić information content (AvgIpc) is 3.33. The van der Waals surface area contributed by atoms with Crippen molar-refractivity contribution >= 4 is 65.2 Å². The Morgan fingerprint density at radius 3 is 2.51 bits per heavy atom. The second kappa shape index (κ2) is 11.3. The van der Waals surface area contributed by atoms with Gasteiger partial charge in [0.2, 0.25) is 5.95 Å². The molecule has 0 saturated heterocycles. The van der Waals surface area contributed by atoms with Gasteiger partial charge in [-0.1, -0.05) is 24.4 Å². The molecule has 3 aromatic heterocycles. The number of hydrogen-bond acceptors (Lipinski definition) is 9. The van der Waals surface area contributed by atoms with Crippen molar-refractivity contribution in [2.75, 3.05) is 20.3 Å². The fraction of sp³-hybridized carbons (Fsp3) is 0.174. The first-order chi connectivity index (χ1) is 18.4. The Hall–Kier alpha value is -4.08. The number of urea groups is 1. The molecule has 0 aliphatic rings. The summed E-state index contributed by atoms with van der Waals surface area (Å²) in [5.41, 5.74) is 0.468. The second-order valence-corrected chi connectivity index (χ2v) is 9.00. The number of amides is 2. The van der Waals surface area contributed by atoms with Crippen molar-refractivity contribution in [3.05, 3.63) is 70.6 Å². The fourth-order valence-electron chi connectivity index (χ4n) is 3.25. The number of aliphatic hydroxyl groups excluding tert-OH is 1. The molecular formula is C23H21ClF3N9O2S. The number of rotatable bonds is 7. The maximum atomic E-state index is 13.1. The number of pyridine rings is 1. The number of aromatic nitrogens is 5. The zero-order valence-electron chi connectivity index (χ0n) is 20.2. The van der Waals surface area contributed by atoms with Gasteiger partial charge in [0, 0.05) is 17.8 Å². The summed E-state index contributed by atoms with van der Waals surface area (Å²) in [6, 6.07) is 8.58. The van der Waals surface area contributed by atoms with Crippen LogP contribution in [-0.4, -0.2) is 36.3 Å². The van der Waals surface area contributed by atoms with E-state index in [1.807, 2.05) is 0 Å². The van der Waals surface area contributed by atoms with Crippen molar-refractivity contribution in [3.8, 4) is 0 Å². The molecule has 5 N–H and O–H groups in total. The third kappa shape index (κ3) is 7.07. The van der Waals surface area contributed by atoms with Gasteiger partial charge in [0.1, 0.15) is 11.6 Å². The first-order valence-electron chi connectivity index (χ1n) is 11.1. The lowest BCUT2D eigenvalue weighted by atomic mass is 10.2. The van der Waals surface area contributed by atoms with E-state index in [0.717, 1.165) is 12.1 Å². The number of nitrogens with zero attached hydrogens (tertiary/aromatic N) is 5. The number of anilines is 6. The number of thiol groups is 1. The monoisotopic (exact) mass is 579 g/mol. The number of aryl methyl sites for hydroxylation is 1. The summed E-state index contributed by atoms with van der Waals surface area (Å²) in [7, 11) is 0. The molecule has 4 rings (SSSR count). The highest BCUT2D eigenvalue weighted by atomic mass is 35.5. The summed E-state index contributed by atoms with van der Waals surface area (Å²) < 4.78 is 40.1. The van der Waals surface area contributed by atoms with Crippen molar-refractivity contribution < 1.29 is 23.1 Å². The summed E-state index contributed by atoms with van der Waals surface area (Å²) in [5.74, 6) is 1.29. The number of benzene rings is 1. The van der Waals surface area contributed by atoms with Gasteiger partial charge in [-0.15, -0.1) is 0 Å². The number of nitrogens with one attached hydrogen (secondary N) is 4. The van der Waals surface area contributed by atoms with Crippen LogP contribution in [0.1, 0.15) is 30.0 Å². The fourth-order valence-corrected chi connectivity index (χ4v) is 3.65. The molecule has 39 heavy (non-hydrogen) atoms. The maximum Gasteiger partial charge on any atom is 0.417 e. The van der Waals surface area contributed by atoms with Gasteiger partial charge >= 0.3 is 12.2 Å². The Balaban J connectivity index is 1.41. The minimum Gasteiger partial charge on any atom is -0.387 e. The lowest BCUT2D eigenvalue weighted by Crippen LogP contribution is -2.27. The molecule has 0 spiro atoms. The number of alkyl halides is 3. The van der Waals surface area contributed by atoms with Crippen molar-refractivity contribution in [2.24, 2.45) is 0 Å². The van der Waals surface area contributed by atoms with E-state index >= 15 is 0 Å². The SMILES string of the molecule is Cc1cc(Nc2cc(C(C)O)[nH]n2)nc(Nc2ccc(NC(=O)N(S)c3ccc(Cl)c(C(F)(F)F)c3)nc2)n1. The molecule has 4 aromatic rings. The van der Waals surface area contributed by atoms with Crippen LogP contribution in [0.5, 0.6) is 0 Å². The zero-order chi connectivity index (χ0) is 28.3. The number of halogens is 4. The van der Waals surface area contributed by atoms with Crippen LogP contribution in [0.15, 0.2) is 48.7 Å². The predicted molar refractivity (Wildman–Crippen MR) is 144 cm³/mol. The molecule has 0 fully saturated rings. The van der Waals surface area contributed by atoms with Crippen molar-refractivity contribution in [1.29, 1.82) is 0 Å². The molecule has 2 amide bonds. The van der Waals surface area contributed by atoms with E-state index < -0.39 is 28.9 Å². The molecule has 0 bridgehead atoms. The van der Waals surface area contributed by atoms with E-state index in [9.17, 15) is 23.1 Å². The summed E-state index contributed by atoms with van der Waals surface area (Å²) >= 11 is 9.63. The third-order valence-electron chi connectivity index (χ3n) is 5.11. The van der Waals surface area contributed by atoms with Crippen LogP contribution in [0.4, 0.5) is 52.7 Å². The van der Waals surface area contributed by atoms with Gasteiger partial charge in [-0.05, 0) is 44.2 Å². The van der Waals surface area contributed by atoms with Gasteiger partial charge < -0.3 is 15.7 Å². The molecule has 1 atom stereocenters. The number of hydrogen-bond donors (Lipinski definition) is 6. The van der Waals surface area contributed by atoms with Gasteiger partial charge in [0.25, 0.3) is 0 Å². The molecule has 3 heterocycles. The summed E-state index contributed by atoms with van der Waals surface area (Å²) in [6.07, 6.45) is -3.99. The van der Waals surface area contributed by atoms with Crippen LogP contribution >= 0.6 is 24.4 Å². The molecule has 204 valence electrons. The Bertz CT molecular complexity index is 1480. The summed E-state index contributed by atoms with van der Waals surface area (Å²) in [6.45, 7) is 3.39. The van der Waals surface area contributed by atoms with Crippen molar-refractivity contribution in [2.45, 2.75) is 26.1 Å². The van der Waals surface area contributed by atoms with E-state index in [2.05, 4.69) is 53.9 Å². The van der Waals surface area contributed by atoms with E-state index in [-0.39, 0.29) is 17.5 Å². The van der Waals surface area contributed by atoms with E-state index in [0.29, 0.717) is 33.0 Å². The normalized spacial score (nSPS) is 12.1. The van der Waals surface area contributed by atoms with Crippen LogP contribution in [0.2, 0.25) is 5.02 Å². The Labute approximate surface area is 230 Å². The minimum atomic E-state index is -4.69. The minimum absolute atomic E-state index is 0.120. The van der Waals surface area contributed by atoms with Gasteiger partial charge in [-0.3, -0.25) is 10.4 Å². The number of carbonyl (C=O) groups excluding carboxylic acids is 1. The first-order valence-corrected chi connectivity index (χ1v) is 11.9. The molecule has 0 aliphatic heterocycles. The number of aliphatic hydroxyl groups is 1. The zero-order valence-corrected chi connectivity index (χ0v) is 21.9. The van der Waals surface area contributed by atoms with E-state index in [1.54, 1.807) is 32.0 Å². The number of H-pyrrole nitrogens is 1. The highest BCUT2D eigenvalue weighted by Gasteiger charge is 2.34. The first kappa shape index (κ1) is 27.9. The van der Waals surface area contributed by atoms with Gasteiger partial charge in [0.05, 0.1) is 40.0 Å². The maximum absolute atomic E-state index is 13.1. The highest BCUT2D eigenvalue weighted by Crippen LogP contribution is 2.37. The van der Waals surface area contributed by atoms with E-state index in [1.165, 1.54) is 18.3 Å². The van der Waals surface area contributed by atoms with Crippen LogP contribution in [-0.2, 0) is 6.18 Å².